The van der Waals surface area contributed by atoms with E-state index in [9.17, 15) is 14.3 Å². The molecule has 0 aliphatic carbocycles. The first-order valence-corrected chi connectivity index (χ1v) is 2.52. The molecule has 1 heterocycles. The van der Waals surface area contributed by atoms with Crippen molar-refractivity contribution in [3.8, 4) is 0 Å². The molecule has 1 aromatic heterocycles. The summed E-state index contributed by atoms with van der Waals surface area (Å²) in [4.78, 5) is 13.4. The molecule has 3 nitrogen and oxygen atoms in total. The zero-order chi connectivity index (χ0) is 7.56. The molecular formula is C6H3FLiNO2. The van der Waals surface area contributed by atoms with Crippen molar-refractivity contribution in [1.82, 2.24) is 4.98 Å². The Kier molecular flexibility index (Phi) is 3.80. The van der Waals surface area contributed by atoms with Crippen LogP contribution in [0.25, 0.3) is 0 Å². The number of aromatic nitrogens is 1. The smallest absolute Gasteiger partial charge is 0.545 e. The van der Waals surface area contributed by atoms with Crippen molar-refractivity contribution in [1.29, 1.82) is 0 Å². The Balaban J connectivity index is 0.000001000. The van der Waals surface area contributed by atoms with Crippen LogP contribution in [0.2, 0.25) is 0 Å². The number of nitrogens with zero attached hydrogens (tertiary/aromatic N) is 1. The summed E-state index contributed by atoms with van der Waals surface area (Å²) in [7, 11) is 0. The van der Waals surface area contributed by atoms with Crippen molar-refractivity contribution >= 4 is 5.97 Å². The summed E-state index contributed by atoms with van der Waals surface area (Å²) in [6.07, 6.45) is 2.01. The van der Waals surface area contributed by atoms with Gasteiger partial charge in [-0.3, -0.25) is 4.98 Å². The minimum Gasteiger partial charge on any atom is -0.545 e. The van der Waals surface area contributed by atoms with E-state index in [0.717, 1.165) is 12.3 Å². The van der Waals surface area contributed by atoms with Gasteiger partial charge in [0, 0.05) is 11.8 Å². The maximum atomic E-state index is 12.4. The fourth-order valence-corrected chi connectivity index (χ4v) is 0.541. The van der Waals surface area contributed by atoms with Crippen LogP contribution < -0.4 is 24.0 Å². The Labute approximate surface area is 74.4 Å². The number of carboxylic acids is 1. The molecular weight excluding hydrogens is 144 g/mol. The molecule has 0 aromatic carbocycles. The number of aromatic carboxylic acids is 1. The molecule has 1 aromatic rings. The summed E-state index contributed by atoms with van der Waals surface area (Å²) < 4.78 is 12.4. The second-order valence-corrected chi connectivity index (χ2v) is 1.64. The van der Waals surface area contributed by atoms with E-state index in [0.29, 0.717) is 0 Å². The topological polar surface area (TPSA) is 53.0 Å². The molecule has 0 bridgehead atoms. The summed E-state index contributed by atoms with van der Waals surface area (Å²) in [5, 5.41) is 10.0. The maximum absolute atomic E-state index is 12.4. The largest absolute Gasteiger partial charge is 1.00 e. The van der Waals surface area contributed by atoms with Gasteiger partial charge in [0.15, 0.2) is 5.82 Å². The fraction of sp³-hybridized carbons (Fsp3) is 0. The van der Waals surface area contributed by atoms with Crippen molar-refractivity contribution in [2.24, 2.45) is 0 Å². The summed E-state index contributed by atoms with van der Waals surface area (Å²) in [6.45, 7) is 0. The number of carboxylic acid groups (broad SMARTS) is 1. The van der Waals surface area contributed by atoms with Gasteiger partial charge in [0.2, 0.25) is 0 Å². The Morgan fingerprint density at radius 3 is 2.64 bits per heavy atom. The number of carbonyl (C=O) groups excluding carboxylic acids is 1. The van der Waals surface area contributed by atoms with E-state index in [-0.39, 0.29) is 18.9 Å². The molecule has 0 amide bonds. The van der Waals surface area contributed by atoms with Crippen molar-refractivity contribution in [2.75, 3.05) is 0 Å². The summed E-state index contributed by atoms with van der Waals surface area (Å²) in [6, 6.07) is 1.05. The molecule has 0 saturated heterocycles. The zero-order valence-corrected chi connectivity index (χ0v) is 5.87. The molecule has 0 fully saturated rings. The van der Waals surface area contributed by atoms with E-state index < -0.39 is 17.3 Å². The van der Waals surface area contributed by atoms with E-state index in [1.54, 1.807) is 0 Å². The van der Waals surface area contributed by atoms with Crippen LogP contribution in [-0.4, -0.2) is 11.0 Å². The van der Waals surface area contributed by atoms with E-state index in [1.807, 2.05) is 0 Å². The Morgan fingerprint density at radius 2 is 2.27 bits per heavy atom. The van der Waals surface area contributed by atoms with Gasteiger partial charge < -0.3 is 9.90 Å². The molecule has 0 N–H and O–H groups in total. The first-order valence-electron chi connectivity index (χ1n) is 2.52. The number of pyridine rings is 1. The third-order valence-corrected chi connectivity index (χ3v) is 0.992. The first kappa shape index (κ1) is 10.1. The van der Waals surface area contributed by atoms with Gasteiger partial charge in [-0.05, 0) is 6.07 Å². The molecule has 0 radical (unpaired) electrons. The predicted molar refractivity (Wildman–Crippen MR) is 28.5 cm³/mol. The van der Waals surface area contributed by atoms with Crippen LogP contribution in [0.5, 0.6) is 0 Å². The van der Waals surface area contributed by atoms with E-state index >= 15 is 0 Å². The molecule has 5 heteroatoms. The molecule has 1 rings (SSSR count). The fourth-order valence-electron chi connectivity index (χ4n) is 0.541. The molecule has 0 unspecified atom stereocenters. The summed E-state index contributed by atoms with van der Waals surface area (Å²) >= 11 is 0. The third kappa shape index (κ3) is 2.33. The second kappa shape index (κ2) is 4.11. The van der Waals surface area contributed by atoms with Crippen LogP contribution in [0.15, 0.2) is 18.5 Å². The van der Waals surface area contributed by atoms with Crippen molar-refractivity contribution in [3.63, 3.8) is 0 Å². The molecule has 52 valence electrons. The van der Waals surface area contributed by atoms with Gasteiger partial charge in [-0.1, -0.05) is 0 Å². The SMILES string of the molecule is O=C([O-])c1ccncc1F.[Li+]. The number of carbonyl (C=O) groups is 1. The minimum absolute atomic E-state index is 0. The average molecular weight is 147 g/mol. The van der Waals surface area contributed by atoms with Gasteiger partial charge in [-0.15, -0.1) is 0 Å². The Hall–Kier alpha value is -0.853. The third-order valence-electron chi connectivity index (χ3n) is 0.992. The van der Waals surface area contributed by atoms with Crippen molar-refractivity contribution < 1.29 is 33.2 Å². The second-order valence-electron chi connectivity index (χ2n) is 1.64. The Bertz CT molecular complexity index is 267. The molecule has 0 spiro atoms. The monoisotopic (exact) mass is 147 g/mol. The zero-order valence-electron chi connectivity index (χ0n) is 5.87. The molecule has 11 heavy (non-hydrogen) atoms. The first-order chi connectivity index (χ1) is 4.72. The average Bonchev–Trinajstić information content (AvgIpc) is 1.88. The standard InChI is InChI=1S/C6H4FNO2.Li/c7-5-3-8-2-1-4(5)6(9)10;/h1-3H,(H,9,10);/q;+1/p-1. The summed E-state index contributed by atoms with van der Waals surface area (Å²) in [5.74, 6) is -2.40. The molecule has 0 atom stereocenters. The van der Waals surface area contributed by atoms with Crippen LogP contribution in [0, 0.1) is 5.82 Å². The van der Waals surface area contributed by atoms with E-state index in [2.05, 4.69) is 4.98 Å². The van der Waals surface area contributed by atoms with Gasteiger partial charge in [-0.2, -0.15) is 0 Å². The summed E-state index contributed by atoms with van der Waals surface area (Å²) in [5.41, 5.74) is -0.463. The van der Waals surface area contributed by atoms with Gasteiger partial charge in [0.1, 0.15) is 0 Å². The van der Waals surface area contributed by atoms with Crippen LogP contribution in [-0.2, 0) is 0 Å². The molecule has 0 aliphatic rings. The van der Waals surface area contributed by atoms with E-state index in [4.69, 9.17) is 0 Å². The van der Waals surface area contributed by atoms with Gasteiger partial charge in [-0.25, -0.2) is 4.39 Å². The van der Waals surface area contributed by atoms with Gasteiger partial charge in [0.05, 0.1) is 12.2 Å². The van der Waals surface area contributed by atoms with Crippen LogP contribution in [0.1, 0.15) is 10.4 Å². The van der Waals surface area contributed by atoms with Gasteiger partial charge >= 0.3 is 18.9 Å². The Morgan fingerprint density at radius 1 is 1.64 bits per heavy atom. The van der Waals surface area contributed by atoms with Crippen LogP contribution in [0.4, 0.5) is 4.39 Å². The number of hydrogen-bond donors (Lipinski definition) is 0. The van der Waals surface area contributed by atoms with E-state index in [1.165, 1.54) is 6.20 Å². The number of rotatable bonds is 1. The normalized spacial score (nSPS) is 8.45. The van der Waals surface area contributed by atoms with Crippen molar-refractivity contribution in [2.45, 2.75) is 0 Å². The van der Waals surface area contributed by atoms with Crippen LogP contribution in [0.3, 0.4) is 0 Å². The maximum Gasteiger partial charge on any atom is 1.00 e. The molecule has 0 aliphatic heterocycles. The van der Waals surface area contributed by atoms with Crippen molar-refractivity contribution in [3.05, 3.63) is 29.8 Å². The number of halogens is 1. The number of hydrogen-bond acceptors (Lipinski definition) is 3. The quantitative estimate of drug-likeness (QED) is 0.389. The minimum atomic E-state index is -1.53. The van der Waals surface area contributed by atoms with Crippen LogP contribution >= 0.6 is 0 Å². The van der Waals surface area contributed by atoms with Gasteiger partial charge in [0.25, 0.3) is 0 Å². The molecule has 0 saturated carbocycles. The predicted octanol–water partition coefficient (Wildman–Crippen LogP) is -3.41.